The monoisotopic (exact) mass is 324 g/mol. The molecule has 0 atom stereocenters. The number of aromatic nitrogens is 2. The molecule has 0 bridgehead atoms. The summed E-state index contributed by atoms with van der Waals surface area (Å²) in [5, 5.41) is 9.85. The van der Waals surface area contributed by atoms with Crippen molar-refractivity contribution in [3.05, 3.63) is 47.5 Å². The van der Waals surface area contributed by atoms with Gasteiger partial charge in [0.25, 0.3) is 0 Å². The van der Waals surface area contributed by atoms with Crippen LogP contribution in [0.4, 0.5) is 10.3 Å². The first-order valence-corrected chi connectivity index (χ1v) is 8.48. The maximum atomic E-state index is 4.53. The Hall–Kier alpha value is -2.18. The maximum Gasteiger partial charge on any atom is 0.231 e. The van der Waals surface area contributed by atoms with Crippen LogP contribution in [0.2, 0.25) is 0 Å². The summed E-state index contributed by atoms with van der Waals surface area (Å²) >= 11 is 3.09. The average molecular weight is 324 g/mol. The number of fused-ring (bicyclic) bond motifs is 2. The number of benzene rings is 2. The van der Waals surface area contributed by atoms with E-state index in [9.17, 15) is 0 Å². The lowest BCUT2D eigenvalue weighted by Gasteiger charge is -1.90. The molecule has 22 heavy (non-hydrogen) atoms. The van der Waals surface area contributed by atoms with E-state index in [4.69, 9.17) is 0 Å². The van der Waals surface area contributed by atoms with Crippen LogP contribution in [-0.4, -0.2) is 9.97 Å². The number of hydrogen-bond acceptors (Lipinski definition) is 6. The normalized spacial score (nSPS) is 11.9. The van der Waals surface area contributed by atoms with E-state index in [2.05, 4.69) is 58.3 Å². The van der Waals surface area contributed by atoms with Crippen LogP contribution in [0.5, 0.6) is 0 Å². The van der Waals surface area contributed by atoms with Crippen molar-refractivity contribution >= 4 is 53.4 Å². The highest BCUT2D eigenvalue weighted by atomic mass is 32.1. The van der Waals surface area contributed by atoms with E-state index >= 15 is 0 Å². The fourth-order valence-electron chi connectivity index (χ4n) is 2.32. The first kappa shape index (κ1) is 13.5. The van der Waals surface area contributed by atoms with E-state index in [1.54, 1.807) is 22.7 Å². The molecule has 6 heteroatoms. The summed E-state index contributed by atoms with van der Waals surface area (Å²) in [5.41, 5.74) is 4.32. The van der Waals surface area contributed by atoms with E-state index in [0.29, 0.717) is 10.3 Å². The zero-order chi connectivity index (χ0) is 15.1. The lowest BCUT2D eigenvalue weighted by Crippen LogP contribution is -1.73. The minimum absolute atomic E-state index is 0.667. The zero-order valence-electron chi connectivity index (χ0n) is 12.1. The minimum Gasteiger partial charge on any atom is -0.217 e. The van der Waals surface area contributed by atoms with Crippen molar-refractivity contribution < 1.29 is 0 Å². The second kappa shape index (κ2) is 5.23. The standard InChI is InChI=1S/C16H12N4S2/c1-9-5-3-7-11-13(9)17-15(21-11)19-20-16-18-14-10(2)6-4-8-12(14)22-16/h3-8H,1-2H3. The molecule has 0 aliphatic heterocycles. The molecule has 0 aliphatic rings. The zero-order valence-corrected chi connectivity index (χ0v) is 13.7. The van der Waals surface area contributed by atoms with Crippen LogP contribution >= 0.6 is 22.7 Å². The maximum absolute atomic E-state index is 4.53. The van der Waals surface area contributed by atoms with Crippen molar-refractivity contribution in [3.63, 3.8) is 0 Å². The molecule has 0 spiro atoms. The van der Waals surface area contributed by atoms with Gasteiger partial charge in [-0.2, -0.15) is 0 Å². The van der Waals surface area contributed by atoms with Crippen molar-refractivity contribution in [2.24, 2.45) is 10.2 Å². The summed E-state index contributed by atoms with van der Waals surface area (Å²) in [6, 6.07) is 12.3. The number of para-hydroxylation sites is 2. The number of aryl methyl sites for hydroxylation is 2. The van der Waals surface area contributed by atoms with Gasteiger partial charge in [-0.15, -0.1) is 10.2 Å². The summed E-state index contributed by atoms with van der Waals surface area (Å²) < 4.78 is 2.27. The lowest BCUT2D eigenvalue weighted by molar-refractivity contribution is 1.19. The Kier molecular flexibility index (Phi) is 3.20. The molecule has 0 saturated heterocycles. The molecule has 0 fully saturated rings. The largest absolute Gasteiger partial charge is 0.231 e. The van der Waals surface area contributed by atoms with E-state index in [0.717, 1.165) is 31.6 Å². The predicted octanol–water partition coefficient (Wildman–Crippen LogP) is 5.94. The Bertz CT molecular complexity index is 932. The molecule has 4 nitrogen and oxygen atoms in total. The fraction of sp³-hybridized carbons (Fsp3) is 0.125. The van der Waals surface area contributed by atoms with Gasteiger partial charge in [0.15, 0.2) is 0 Å². The second-order valence-electron chi connectivity index (χ2n) is 5.04. The number of azo groups is 1. The van der Waals surface area contributed by atoms with Crippen molar-refractivity contribution in [2.75, 3.05) is 0 Å². The van der Waals surface area contributed by atoms with Gasteiger partial charge in [-0.05, 0) is 37.1 Å². The van der Waals surface area contributed by atoms with Crippen LogP contribution in [0.15, 0.2) is 46.6 Å². The van der Waals surface area contributed by atoms with Gasteiger partial charge in [0, 0.05) is 0 Å². The molecule has 108 valence electrons. The third-order valence-corrected chi connectivity index (χ3v) is 5.25. The molecule has 0 amide bonds. The fourth-order valence-corrected chi connectivity index (χ4v) is 4.05. The van der Waals surface area contributed by atoms with Gasteiger partial charge in [-0.3, -0.25) is 0 Å². The van der Waals surface area contributed by atoms with Crippen molar-refractivity contribution in [3.8, 4) is 0 Å². The third kappa shape index (κ3) is 2.30. The average Bonchev–Trinajstić information content (AvgIpc) is 3.10. The first-order chi connectivity index (χ1) is 10.7. The number of thiazole rings is 2. The molecule has 4 aromatic rings. The molecule has 0 N–H and O–H groups in total. The minimum atomic E-state index is 0.667. The van der Waals surface area contributed by atoms with Crippen LogP contribution in [0.1, 0.15) is 11.1 Å². The van der Waals surface area contributed by atoms with E-state index in [-0.39, 0.29) is 0 Å². The summed E-state index contributed by atoms with van der Waals surface area (Å²) in [6.07, 6.45) is 0. The highest BCUT2D eigenvalue weighted by molar-refractivity contribution is 7.22. The molecule has 0 radical (unpaired) electrons. The summed E-state index contributed by atoms with van der Waals surface area (Å²) in [6.45, 7) is 4.11. The molecular formula is C16H12N4S2. The quantitative estimate of drug-likeness (QED) is 0.428. The molecule has 4 rings (SSSR count). The number of nitrogens with zero attached hydrogens (tertiary/aromatic N) is 4. The van der Waals surface area contributed by atoms with Crippen LogP contribution in [0, 0.1) is 13.8 Å². The van der Waals surface area contributed by atoms with Gasteiger partial charge < -0.3 is 0 Å². The van der Waals surface area contributed by atoms with Crippen LogP contribution < -0.4 is 0 Å². The van der Waals surface area contributed by atoms with E-state index in [1.807, 2.05) is 12.1 Å². The summed E-state index contributed by atoms with van der Waals surface area (Å²) in [5.74, 6) is 0. The predicted molar refractivity (Wildman–Crippen MR) is 92.9 cm³/mol. The van der Waals surface area contributed by atoms with Gasteiger partial charge in [-0.1, -0.05) is 46.9 Å². The Morgan fingerprint density at radius 1 is 0.727 bits per heavy atom. The summed E-state index contributed by atoms with van der Waals surface area (Å²) in [4.78, 5) is 9.07. The number of rotatable bonds is 2. The van der Waals surface area contributed by atoms with Gasteiger partial charge in [-0.25, -0.2) is 9.97 Å². The Labute approximate surface area is 135 Å². The molecule has 2 aromatic carbocycles. The van der Waals surface area contributed by atoms with Gasteiger partial charge in [0.1, 0.15) is 0 Å². The van der Waals surface area contributed by atoms with Gasteiger partial charge in [0.05, 0.1) is 20.4 Å². The van der Waals surface area contributed by atoms with Crippen LogP contribution in [-0.2, 0) is 0 Å². The third-order valence-electron chi connectivity index (χ3n) is 3.44. The van der Waals surface area contributed by atoms with E-state index in [1.165, 1.54) is 0 Å². The molecule has 0 unspecified atom stereocenters. The lowest BCUT2D eigenvalue weighted by atomic mass is 10.2. The van der Waals surface area contributed by atoms with Gasteiger partial charge >= 0.3 is 0 Å². The Morgan fingerprint density at radius 2 is 1.18 bits per heavy atom. The molecule has 2 aromatic heterocycles. The van der Waals surface area contributed by atoms with Crippen molar-refractivity contribution in [1.29, 1.82) is 0 Å². The van der Waals surface area contributed by atoms with Crippen molar-refractivity contribution in [1.82, 2.24) is 9.97 Å². The Morgan fingerprint density at radius 3 is 1.59 bits per heavy atom. The number of hydrogen-bond donors (Lipinski definition) is 0. The summed E-state index contributed by atoms with van der Waals surface area (Å²) in [7, 11) is 0. The molecule has 2 heterocycles. The van der Waals surface area contributed by atoms with E-state index < -0.39 is 0 Å². The van der Waals surface area contributed by atoms with Gasteiger partial charge in [0.2, 0.25) is 10.3 Å². The van der Waals surface area contributed by atoms with Crippen LogP contribution in [0.3, 0.4) is 0 Å². The molecule has 0 aliphatic carbocycles. The smallest absolute Gasteiger partial charge is 0.217 e. The molecule has 0 saturated carbocycles. The highest BCUT2D eigenvalue weighted by Gasteiger charge is 2.07. The van der Waals surface area contributed by atoms with Crippen LogP contribution in [0.25, 0.3) is 20.4 Å². The Balaban J connectivity index is 1.72. The topological polar surface area (TPSA) is 50.5 Å². The molecular weight excluding hydrogens is 312 g/mol. The van der Waals surface area contributed by atoms with Crippen molar-refractivity contribution in [2.45, 2.75) is 13.8 Å². The highest BCUT2D eigenvalue weighted by Crippen LogP contribution is 2.33. The SMILES string of the molecule is Cc1cccc2sc(N=Nc3nc4c(C)cccc4s3)nc12. The first-order valence-electron chi connectivity index (χ1n) is 6.85. The second-order valence-corrected chi connectivity index (χ2v) is 7.05.